The largest absolute Gasteiger partial charge is 0.463 e. The molecule has 13 heavy (non-hydrogen) atoms. The minimum atomic E-state index is -0.242. The molecule has 1 rings (SSSR count). The standard InChI is InChI=1S/C8H15N2O3/c9-1-4-13-8(11)7-10-2-5-12-6-3-10/h9H,1-7H2. The normalized spacial score (nSPS) is 18.5. The fraction of sp³-hybridized carbons (Fsp3) is 0.875. The van der Waals surface area contributed by atoms with Crippen molar-refractivity contribution in [1.82, 2.24) is 10.6 Å². The molecule has 0 aliphatic carbocycles. The van der Waals surface area contributed by atoms with Gasteiger partial charge in [-0.2, -0.15) is 0 Å². The Balaban J connectivity index is 2.11. The van der Waals surface area contributed by atoms with E-state index in [0.29, 0.717) is 19.8 Å². The summed E-state index contributed by atoms with van der Waals surface area (Å²) < 4.78 is 9.92. The number of nitrogens with zero attached hydrogens (tertiary/aromatic N) is 1. The van der Waals surface area contributed by atoms with Crippen molar-refractivity contribution in [1.29, 1.82) is 0 Å². The number of hydrogen-bond donors (Lipinski definition) is 0. The molecule has 1 aliphatic rings. The van der Waals surface area contributed by atoms with Crippen LogP contribution in [0.1, 0.15) is 0 Å². The summed E-state index contributed by atoms with van der Waals surface area (Å²) >= 11 is 0. The van der Waals surface area contributed by atoms with Crippen LogP contribution in [0.2, 0.25) is 0 Å². The summed E-state index contributed by atoms with van der Waals surface area (Å²) in [4.78, 5) is 13.1. The molecule has 0 atom stereocenters. The van der Waals surface area contributed by atoms with E-state index in [-0.39, 0.29) is 19.1 Å². The van der Waals surface area contributed by atoms with Crippen molar-refractivity contribution in [2.75, 3.05) is 46.0 Å². The number of carbonyl (C=O) groups is 1. The maximum absolute atomic E-state index is 11.1. The maximum Gasteiger partial charge on any atom is 0.320 e. The number of morpholine rings is 1. The number of esters is 1. The molecule has 1 radical (unpaired) electrons. The Hall–Kier alpha value is -0.650. The van der Waals surface area contributed by atoms with E-state index in [9.17, 15) is 4.79 Å². The van der Waals surface area contributed by atoms with Gasteiger partial charge in [0.25, 0.3) is 0 Å². The van der Waals surface area contributed by atoms with Crippen molar-refractivity contribution in [3.8, 4) is 0 Å². The average Bonchev–Trinajstić information content (AvgIpc) is 2.16. The lowest BCUT2D eigenvalue weighted by Crippen LogP contribution is -2.40. The van der Waals surface area contributed by atoms with Crippen molar-refractivity contribution in [3.05, 3.63) is 0 Å². The Kier molecular flexibility index (Phi) is 4.74. The highest BCUT2D eigenvalue weighted by molar-refractivity contribution is 5.71. The Morgan fingerprint density at radius 2 is 2.15 bits per heavy atom. The first-order valence-electron chi connectivity index (χ1n) is 4.43. The van der Waals surface area contributed by atoms with Crippen molar-refractivity contribution in [3.63, 3.8) is 0 Å². The van der Waals surface area contributed by atoms with Crippen LogP contribution >= 0.6 is 0 Å². The van der Waals surface area contributed by atoms with Crippen molar-refractivity contribution in [2.45, 2.75) is 0 Å². The van der Waals surface area contributed by atoms with Crippen LogP contribution < -0.4 is 5.73 Å². The van der Waals surface area contributed by atoms with Crippen molar-refractivity contribution >= 4 is 5.97 Å². The number of rotatable bonds is 4. The highest BCUT2D eigenvalue weighted by Crippen LogP contribution is 1.96. The molecule has 5 heteroatoms. The molecule has 0 unspecified atom stereocenters. The van der Waals surface area contributed by atoms with Gasteiger partial charge in [-0.05, 0) is 0 Å². The summed E-state index contributed by atoms with van der Waals surface area (Å²) in [7, 11) is 0. The zero-order valence-corrected chi connectivity index (χ0v) is 7.62. The van der Waals surface area contributed by atoms with Gasteiger partial charge in [0.2, 0.25) is 0 Å². The quantitative estimate of drug-likeness (QED) is 0.537. The third-order valence-corrected chi connectivity index (χ3v) is 1.82. The fourth-order valence-electron chi connectivity index (χ4n) is 1.15. The van der Waals surface area contributed by atoms with Gasteiger partial charge in [0.1, 0.15) is 6.61 Å². The molecule has 1 heterocycles. The van der Waals surface area contributed by atoms with Crippen LogP contribution in [0.15, 0.2) is 0 Å². The molecule has 1 aliphatic heterocycles. The van der Waals surface area contributed by atoms with Crippen LogP contribution in [-0.2, 0) is 14.3 Å². The first-order valence-corrected chi connectivity index (χ1v) is 4.43. The second-order valence-corrected chi connectivity index (χ2v) is 2.86. The van der Waals surface area contributed by atoms with Gasteiger partial charge in [0.05, 0.1) is 19.8 Å². The van der Waals surface area contributed by atoms with Gasteiger partial charge >= 0.3 is 5.97 Å². The molecule has 1 fully saturated rings. The van der Waals surface area contributed by atoms with E-state index in [0.717, 1.165) is 13.1 Å². The Labute approximate surface area is 77.8 Å². The highest BCUT2D eigenvalue weighted by Gasteiger charge is 2.14. The molecule has 0 aromatic carbocycles. The Bertz CT molecular complexity index is 157. The minimum Gasteiger partial charge on any atom is -0.463 e. The van der Waals surface area contributed by atoms with Crippen LogP contribution in [0.4, 0.5) is 0 Å². The van der Waals surface area contributed by atoms with Gasteiger partial charge in [0.15, 0.2) is 0 Å². The summed E-state index contributed by atoms with van der Waals surface area (Å²) in [5.74, 6) is -0.242. The summed E-state index contributed by atoms with van der Waals surface area (Å²) in [6.07, 6.45) is 0. The second-order valence-electron chi connectivity index (χ2n) is 2.86. The van der Waals surface area contributed by atoms with Crippen LogP contribution in [-0.4, -0.2) is 56.9 Å². The Morgan fingerprint density at radius 3 is 2.77 bits per heavy atom. The first-order chi connectivity index (χ1) is 6.33. The second kappa shape index (κ2) is 5.90. The van der Waals surface area contributed by atoms with Crippen molar-refractivity contribution < 1.29 is 14.3 Å². The van der Waals surface area contributed by atoms with Gasteiger partial charge in [-0.3, -0.25) is 15.4 Å². The number of hydrogen-bond acceptors (Lipinski definition) is 4. The van der Waals surface area contributed by atoms with Crippen LogP contribution in [0.5, 0.6) is 0 Å². The maximum atomic E-state index is 11.1. The summed E-state index contributed by atoms with van der Waals surface area (Å²) in [5.41, 5.74) is 6.80. The molecular weight excluding hydrogens is 172 g/mol. The van der Waals surface area contributed by atoms with Gasteiger partial charge in [-0.25, -0.2) is 0 Å². The number of nitrogens with one attached hydrogen (secondary N) is 1. The molecule has 0 spiro atoms. The predicted octanol–water partition coefficient (Wildman–Crippen LogP) is -0.855. The van der Waals surface area contributed by atoms with Gasteiger partial charge < -0.3 is 9.47 Å². The summed E-state index contributed by atoms with van der Waals surface area (Å²) in [5, 5.41) is 0. The van der Waals surface area contributed by atoms with E-state index in [1.165, 1.54) is 0 Å². The first kappa shape index (κ1) is 10.4. The molecule has 1 N–H and O–H groups in total. The zero-order valence-electron chi connectivity index (χ0n) is 7.62. The predicted molar refractivity (Wildman–Crippen MR) is 46.2 cm³/mol. The lowest BCUT2D eigenvalue weighted by atomic mass is 10.4. The van der Waals surface area contributed by atoms with Crippen LogP contribution in [0, 0.1) is 0 Å². The molecular formula is C8H15N2O3. The molecule has 1 saturated heterocycles. The van der Waals surface area contributed by atoms with Gasteiger partial charge in [-0.1, -0.05) is 0 Å². The van der Waals surface area contributed by atoms with E-state index in [4.69, 9.17) is 15.2 Å². The SMILES string of the molecule is [NH]CCOC(=O)CN1CCOCC1. The third-order valence-electron chi connectivity index (χ3n) is 1.82. The zero-order chi connectivity index (χ0) is 9.52. The van der Waals surface area contributed by atoms with E-state index in [1.807, 2.05) is 4.90 Å². The average molecular weight is 187 g/mol. The van der Waals surface area contributed by atoms with Gasteiger partial charge in [0, 0.05) is 19.6 Å². The lowest BCUT2D eigenvalue weighted by Gasteiger charge is -2.25. The molecule has 75 valence electrons. The van der Waals surface area contributed by atoms with Crippen LogP contribution in [0.25, 0.3) is 0 Å². The molecule has 5 nitrogen and oxygen atoms in total. The molecule has 0 saturated carbocycles. The summed E-state index contributed by atoms with van der Waals surface area (Å²) in [6, 6.07) is 0. The highest BCUT2D eigenvalue weighted by atomic mass is 16.5. The van der Waals surface area contributed by atoms with Crippen LogP contribution in [0.3, 0.4) is 0 Å². The molecule has 0 aromatic heterocycles. The topological polar surface area (TPSA) is 62.6 Å². The summed E-state index contributed by atoms with van der Waals surface area (Å²) in [6.45, 7) is 3.60. The third kappa shape index (κ3) is 4.21. The van der Waals surface area contributed by atoms with E-state index >= 15 is 0 Å². The van der Waals surface area contributed by atoms with E-state index in [2.05, 4.69) is 0 Å². The lowest BCUT2D eigenvalue weighted by molar-refractivity contribution is -0.145. The van der Waals surface area contributed by atoms with E-state index in [1.54, 1.807) is 0 Å². The molecule has 0 aromatic rings. The monoisotopic (exact) mass is 187 g/mol. The minimum absolute atomic E-state index is 0.134. The smallest absolute Gasteiger partial charge is 0.320 e. The van der Waals surface area contributed by atoms with E-state index < -0.39 is 0 Å². The fourth-order valence-corrected chi connectivity index (χ4v) is 1.15. The Morgan fingerprint density at radius 1 is 1.46 bits per heavy atom. The van der Waals surface area contributed by atoms with Gasteiger partial charge in [-0.15, -0.1) is 0 Å². The van der Waals surface area contributed by atoms with Crippen molar-refractivity contribution in [2.24, 2.45) is 0 Å². The molecule has 0 amide bonds. The molecule has 0 bridgehead atoms. The number of ether oxygens (including phenoxy) is 2. The number of carbonyl (C=O) groups excluding carboxylic acids is 1.